The van der Waals surface area contributed by atoms with Crippen LogP contribution in [-0.4, -0.2) is 13.3 Å². The van der Waals surface area contributed by atoms with E-state index in [-0.39, 0.29) is 0 Å². The lowest BCUT2D eigenvalue weighted by molar-refractivity contribution is 0.271. The lowest BCUT2D eigenvalue weighted by atomic mass is 10.0. The van der Waals surface area contributed by atoms with Gasteiger partial charge >= 0.3 is 0 Å². The molecule has 15 heavy (non-hydrogen) atoms. The van der Waals surface area contributed by atoms with Crippen LogP contribution in [0.1, 0.15) is 26.3 Å². The predicted octanol–water partition coefficient (Wildman–Crippen LogP) is 3.63. The minimum absolute atomic E-state index is 0.409. The van der Waals surface area contributed by atoms with Crippen LogP contribution in [0.25, 0.3) is 0 Å². The number of halogens is 1. The quantitative estimate of drug-likeness (QED) is 0.719. The fraction of sp³-hybridized carbons (Fsp3) is 0.462. The van der Waals surface area contributed by atoms with Crippen LogP contribution in [0.4, 0.5) is 4.39 Å². The third-order valence-electron chi connectivity index (χ3n) is 2.11. The Hall–Kier alpha value is -1.05. The average molecular weight is 209 g/mol. The SMILES string of the molecule is C[C](CF)c1cccc(OCC(C)C)c1. The normalized spacial score (nSPS) is 11.1. The summed E-state index contributed by atoms with van der Waals surface area (Å²) in [7, 11) is 0. The smallest absolute Gasteiger partial charge is 0.119 e. The molecule has 1 radical (unpaired) electrons. The van der Waals surface area contributed by atoms with E-state index in [2.05, 4.69) is 13.8 Å². The van der Waals surface area contributed by atoms with Crippen LogP contribution in [0, 0.1) is 11.8 Å². The first-order chi connectivity index (χ1) is 7.13. The van der Waals surface area contributed by atoms with Crippen molar-refractivity contribution in [2.75, 3.05) is 13.3 Å². The lowest BCUT2D eigenvalue weighted by Crippen LogP contribution is -2.05. The zero-order valence-corrected chi connectivity index (χ0v) is 9.59. The van der Waals surface area contributed by atoms with Gasteiger partial charge < -0.3 is 4.74 Å². The average Bonchev–Trinajstić information content (AvgIpc) is 2.25. The van der Waals surface area contributed by atoms with E-state index in [0.29, 0.717) is 12.5 Å². The molecule has 0 aromatic heterocycles. The van der Waals surface area contributed by atoms with Crippen molar-refractivity contribution < 1.29 is 9.13 Å². The minimum Gasteiger partial charge on any atom is -0.493 e. The third-order valence-corrected chi connectivity index (χ3v) is 2.11. The third kappa shape index (κ3) is 3.90. The first kappa shape index (κ1) is 12.0. The Morgan fingerprint density at radius 1 is 1.40 bits per heavy atom. The van der Waals surface area contributed by atoms with Crippen LogP contribution < -0.4 is 4.74 Å². The van der Waals surface area contributed by atoms with E-state index in [0.717, 1.165) is 17.2 Å². The number of hydrogen-bond donors (Lipinski definition) is 0. The largest absolute Gasteiger partial charge is 0.493 e. The van der Waals surface area contributed by atoms with Gasteiger partial charge in [0.05, 0.1) is 13.3 Å². The zero-order chi connectivity index (χ0) is 11.3. The van der Waals surface area contributed by atoms with Crippen LogP contribution in [0.3, 0.4) is 0 Å². The molecule has 1 rings (SSSR count). The summed E-state index contributed by atoms with van der Waals surface area (Å²) in [6.07, 6.45) is 0. The molecule has 0 fully saturated rings. The van der Waals surface area contributed by atoms with Gasteiger partial charge in [-0.2, -0.15) is 0 Å². The molecule has 0 amide bonds. The molecule has 0 heterocycles. The van der Waals surface area contributed by atoms with E-state index in [9.17, 15) is 4.39 Å². The number of alkyl halides is 1. The Balaban J connectivity index is 2.65. The molecule has 83 valence electrons. The Morgan fingerprint density at radius 3 is 2.73 bits per heavy atom. The maximum Gasteiger partial charge on any atom is 0.119 e. The molecule has 0 N–H and O–H groups in total. The Labute approximate surface area is 91.3 Å². The van der Waals surface area contributed by atoms with Crippen molar-refractivity contribution in [3.63, 3.8) is 0 Å². The molecule has 0 aliphatic rings. The summed E-state index contributed by atoms with van der Waals surface area (Å²) in [4.78, 5) is 0. The van der Waals surface area contributed by atoms with Crippen molar-refractivity contribution in [3.05, 3.63) is 35.7 Å². The van der Waals surface area contributed by atoms with Gasteiger partial charge in [0, 0.05) is 5.92 Å². The molecular weight excluding hydrogens is 191 g/mol. The van der Waals surface area contributed by atoms with Gasteiger partial charge in [0.1, 0.15) is 5.75 Å². The van der Waals surface area contributed by atoms with Gasteiger partial charge in [-0.05, 0) is 23.6 Å². The van der Waals surface area contributed by atoms with Gasteiger partial charge in [0.2, 0.25) is 0 Å². The summed E-state index contributed by atoms with van der Waals surface area (Å²) in [6.45, 7) is 6.28. The predicted molar refractivity (Wildman–Crippen MR) is 60.8 cm³/mol. The maximum absolute atomic E-state index is 12.4. The molecule has 2 heteroatoms. The number of benzene rings is 1. The first-order valence-corrected chi connectivity index (χ1v) is 5.25. The van der Waals surface area contributed by atoms with Crippen LogP contribution >= 0.6 is 0 Å². The Morgan fingerprint density at radius 2 is 2.13 bits per heavy atom. The van der Waals surface area contributed by atoms with Crippen LogP contribution in [-0.2, 0) is 0 Å². The van der Waals surface area contributed by atoms with Crippen LogP contribution in [0.2, 0.25) is 0 Å². The topological polar surface area (TPSA) is 9.23 Å². The highest BCUT2D eigenvalue weighted by Crippen LogP contribution is 2.20. The molecule has 0 saturated heterocycles. The summed E-state index contributed by atoms with van der Waals surface area (Å²) in [5.74, 6) is 2.05. The molecule has 0 spiro atoms. The monoisotopic (exact) mass is 209 g/mol. The first-order valence-electron chi connectivity index (χ1n) is 5.25. The van der Waals surface area contributed by atoms with Gasteiger partial charge in [-0.3, -0.25) is 4.39 Å². The van der Waals surface area contributed by atoms with Crippen molar-refractivity contribution in [1.29, 1.82) is 0 Å². The highest BCUT2D eigenvalue weighted by atomic mass is 19.1. The number of rotatable bonds is 5. The van der Waals surface area contributed by atoms with E-state index in [1.165, 1.54) is 0 Å². The molecule has 0 bridgehead atoms. The van der Waals surface area contributed by atoms with Crippen molar-refractivity contribution in [2.45, 2.75) is 20.8 Å². The Bertz CT molecular complexity index is 296. The fourth-order valence-corrected chi connectivity index (χ4v) is 1.19. The minimum atomic E-state index is -0.409. The Kier molecular flexibility index (Phi) is 4.60. The molecule has 0 aliphatic carbocycles. The van der Waals surface area contributed by atoms with E-state index in [1.54, 1.807) is 6.92 Å². The molecule has 0 unspecified atom stereocenters. The number of ether oxygens (including phenoxy) is 1. The second kappa shape index (κ2) is 5.74. The second-order valence-electron chi connectivity index (χ2n) is 4.15. The molecule has 1 nitrogen and oxygen atoms in total. The number of hydrogen-bond acceptors (Lipinski definition) is 1. The van der Waals surface area contributed by atoms with Gasteiger partial charge in [0.15, 0.2) is 0 Å². The highest BCUT2D eigenvalue weighted by molar-refractivity contribution is 5.36. The van der Waals surface area contributed by atoms with Gasteiger partial charge in [-0.15, -0.1) is 0 Å². The van der Waals surface area contributed by atoms with E-state index in [4.69, 9.17) is 4.74 Å². The van der Waals surface area contributed by atoms with Crippen LogP contribution in [0.15, 0.2) is 24.3 Å². The molecule has 0 saturated carbocycles. The maximum atomic E-state index is 12.4. The van der Waals surface area contributed by atoms with Gasteiger partial charge in [-0.25, -0.2) is 0 Å². The molecule has 1 aromatic carbocycles. The van der Waals surface area contributed by atoms with Gasteiger partial charge in [-0.1, -0.05) is 32.9 Å². The summed E-state index contributed by atoms with van der Waals surface area (Å²) in [5, 5.41) is 0. The zero-order valence-electron chi connectivity index (χ0n) is 9.59. The van der Waals surface area contributed by atoms with E-state index in [1.807, 2.05) is 24.3 Å². The molecular formula is C13H18FO. The molecule has 0 aliphatic heterocycles. The van der Waals surface area contributed by atoms with E-state index >= 15 is 0 Å². The highest BCUT2D eigenvalue weighted by Gasteiger charge is 2.06. The van der Waals surface area contributed by atoms with Crippen molar-refractivity contribution in [2.24, 2.45) is 5.92 Å². The second-order valence-corrected chi connectivity index (χ2v) is 4.15. The van der Waals surface area contributed by atoms with Crippen LogP contribution in [0.5, 0.6) is 5.75 Å². The standard InChI is InChI=1S/C13H18FO/c1-10(2)9-15-13-6-4-5-12(7-13)11(3)8-14/h4-7,10H,8-9H2,1-3H3. The summed E-state index contributed by atoms with van der Waals surface area (Å²) in [5.41, 5.74) is 0.916. The van der Waals surface area contributed by atoms with E-state index < -0.39 is 6.67 Å². The van der Waals surface area contributed by atoms with Crippen molar-refractivity contribution in [1.82, 2.24) is 0 Å². The molecule has 1 aromatic rings. The fourth-order valence-electron chi connectivity index (χ4n) is 1.19. The molecule has 0 atom stereocenters. The van der Waals surface area contributed by atoms with Crippen molar-refractivity contribution in [3.8, 4) is 5.75 Å². The lowest BCUT2D eigenvalue weighted by Gasteiger charge is -2.11. The summed E-state index contributed by atoms with van der Waals surface area (Å²) >= 11 is 0. The summed E-state index contributed by atoms with van der Waals surface area (Å²) < 4.78 is 18.0. The van der Waals surface area contributed by atoms with Gasteiger partial charge in [0.25, 0.3) is 0 Å². The van der Waals surface area contributed by atoms with Crippen molar-refractivity contribution >= 4 is 0 Å². The summed E-state index contributed by atoms with van der Waals surface area (Å²) in [6, 6.07) is 7.58.